The number of aromatic nitrogens is 1. The second-order valence-corrected chi connectivity index (χ2v) is 3.79. The highest BCUT2D eigenvalue weighted by Crippen LogP contribution is 2.22. The van der Waals surface area contributed by atoms with Gasteiger partial charge in [0.05, 0.1) is 12.7 Å². The molecule has 17 heavy (non-hydrogen) atoms. The summed E-state index contributed by atoms with van der Waals surface area (Å²) in [6.45, 7) is 0.636. The van der Waals surface area contributed by atoms with E-state index in [1.54, 1.807) is 6.20 Å². The number of pyridine rings is 1. The number of hydrogen-bond donors (Lipinski definition) is 0. The van der Waals surface area contributed by atoms with Crippen molar-refractivity contribution in [2.75, 3.05) is 6.61 Å². The minimum atomic E-state index is 0.594. The van der Waals surface area contributed by atoms with E-state index in [-0.39, 0.29) is 0 Å². The number of benzene rings is 1. The molecule has 0 radical (unpaired) electrons. The van der Waals surface area contributed by atoms with Gasteiger partial charge in [-0.15, -0.1) is 0 Å². The maximum atomic E-state index is 8.42. The molecule has 1 aromatic carbocycles. The second-order valence-electron chi connectivity index (χ2n) is 3.79. The van der Waals surface area contributed by atoms with Crippen molar-refractivity contribution in [1.82, 2.24) is 4.98 Å². The zero-order valence-corrected chi connectivity index (χ0v) is 9.60. The third kappa shape index (κ3) is 2.94. The summed E-state index contributed by atoms with van der Waals surface area (Å²) in [5, 5.41) is 9.51. The van der Waals surface area contributed by atoms with E-state index in [9.17, 15) is 0 Å². The van der Waals surface area contributed by atoms with Crippen molar-refractivity contribution in [2.45, 2.75) is 19.3 Å². The molecular formula is C14H14N2O. The number of unbranched alkanes of at least 4 members (excludes halogenated alkanes) is 2. The quantitative estimate of drug-likeness (QED) is 0.735. The van der Waals surface area contributed by atoms with Gasteiger partial charge in [0.25, 0.3) is 0 Å². The maximum absolute atomic E-state index is 8.42. The van der Waals surface area contributed by atoms with Gasteiger partial charge in [-0.1, -0.05) is 18.2 Å². The Hall–Kier alpha value is -2.08. The van der Waals surface area contributed by atoms with E-state index in [1.807, 2.05) is 30.3 Å². The summed E-state index contributed by atoms with van der Waals surface area (Å²) >= 11 is 0. The van der Waals surface area contributed by atoms with Gasteiger partial charge in [-0.05, 0) is 25.0 Å². The first-order valence-electron chi connectivity index (χ1n) is 5.75. The fourth-order valence-electron chi connectivity index (χ4n) is 1.68. The minimum absolute atomic E-state index is 0.594. The molecule has 0 atom stereocenters. The van der Waals surface area contributed by atoms with Crippen LogP contribution in [-0.2, 0) is 0 Å². The molecule has 2 rings (SSSR count). The Balaban J connectivity index is 2.01. The number of nitrogens with zero attached hydrogens (tertiary/aromatic N) is 2. The van der Waals surface area contributed by atoms with Gasteiger partial charge < -0.3 is 4.74 Å². The number of rotatable bonds is 5. The number of hydrogen-bond acceptors (Lipinski definition) is 3. The van der Waals surface area contributed by atoms with Crippen LogP contribution in [0.5, 0.6) is 5.75 Å². The molecule has 0 spiro atoms. The van der Waals surface area contributed by atoms with Crippen LogP contribution in [0.2, 0.25) is 0 Å². The second kappa shape index (κ2) is 5.86. The summed E-state index contributed by atoms with van der Waals surface area (Å²) in [5.74, 6) is 0.819. The highest BCUT2D eigenvalue weighted by atomic mass is 16.5. The molecule has 0 amide bonds. The van der Waals surface area contributed by atoms with E-state index in [1.165, 1.54) is 0 Å². The molecule has 86 valence electrons. The van der Waals surface area contributed by atoms with Crippen molar-refractivity contribution >= 4 is 10.9 Å². The lowest BCUT2D eigenvalue weighted by molar-refractivity contribution is 0.310. The summed E-state index contributed by atoms with van der Waals surface area (Å²) < 4.78 is 5.69. The Morgan fingerprint density at radius 2 is 2.06 bits per heavy atom. The zero-order valence-electron chi connectivity index (χ0n) is 9.60. The van der Waals surface area contributed by atoms with Crippen LogP contribution >= 0.6 is 0 Å². The Labute approximate surface area is 101 Å². The first kappa shape index (κ1) is 11.4. The lowest BCUT2D eigenvalue weighted by Crippen LogP contribution is -1.98. The van der Waals surface area contributed by atoms with Crippen molar-refractivity contribution in [3.63, 3.8) is 0 Å². The zero-order chi connectivity index (χ0) is 11.9. The van der Waals surface area contributed by atoms with E-state index in [4.69, 9.17) is 10.00 Å². The molecule has 0 saturated carbocycles. The molecular weight excluding hydrogens is 212 g/mol. The van der Waals surface area contributed by atoms with Crippen molar-refractivity contribution < 1.29 is 4.74 Å². The highest BCUT2D eigenvalue weighted by molar-refractivity contribution is 5.84. The van der Waals surface area contributed by atoms with Crippen LogP contribution in [0.3, 0.4) is 0 Å². The SMILES string of the molecule is N#CCCCCOc1cccc2cccnc12. The Morgan fingerprint density at radius 1 is 1.18 bits per heavy atom. The number of para-hydroxylation sites is 1. The van der Waals surface area contributed by atoms with E-state index in [2.05, 4.69) is 11.1 Å². The van der Waals surface area contributed by atoms with Crippen LogP contribution in [0.1, 0.15) is 19.3 Å². The van der Waals surface area contributed by atoms with Gasteiger partial charge in [-0.3, -0.25) is 4.98 Å². The molecule has 3 heteroatoms. The molecule has 0 N–H and O–H groups in total. The minimum Gasteiger partial charge on any atom is -0.491 e. The normalized spacial score (nSPS) is 10.1. The Kier molecular flexibility index (Phi) is 3.93. The number of nitriles is 1. The van der Waals surface area contributed by atoms with Crippen molar-refractivity contribution in [1.29, 1.82) is 5.26 Å². The average molecular weight is 226 g/mol. The van der Waals surface area contributed by atoms with Crippen molar-refractivity contribution in [3.05, 3.63) is 36.5 Å². The largest absolute Gasteiger partial charge is 0.491 e. The predicted molar refractivity (Wildman–Crippen MR) is 66.7 cm³/mol. The molecule has 0 saturated heterocycles. The maximum Gasteiger partial charge on any atom is 0.145 e. The molecule has 1 heterocycles. The van der Waals surface area contributed by atoms with E-state index in [0.717, 1.165) is 29.5 Å². The summed E-state index contributed by atoms with van der Waals surface area (Å²) in [5.41, 5.74) is 0.898. The van der Waals surface area contributed by atoms with Crippen LogP contribution in [-0.4, -0.2) is 11.6 Å². The van der Waals surface area contributed by atoms with Crippen molar-refractivity contribution in [2.24, 2.45) is 0 Å². The third-order valence-electron chi connectivity index (χ3n) is 2.54. The molecule has 0 aliphatic rings. The lowest BCUT2D eigenvalue weighted by Gasteiger charge is -2.07. The van der Waals surface area contributed by atoms with Crippen LogP contribution in [0.25, 0.3) is 10.9 Å². The molecule has 1 aromatic heterocycles. The molecule has 0 unspecified atom stereocenters. The third-order valence-corrected chi connectivity index (χ3v) is 2.54. The standard InChI is InChI=1S/C14H14N2O/c15-9-2-1-3-11-17-13-8-4-6-12-7-5-10-16-14(12)13/h4-8,10H,1-3,11H2. The fourth-order valence-corrected chi connectivity index (χ4v) is 1.68. The van der Waals surface area contributed by atoms with Crippen molar-refractivity contribution in [3.8, 4) is 11.8 Å². The van der Waals surface area contributed by atoms with Gasteiger partial charge in [0.1, 0.15) is 11.3 Å². The smallest absolute Gasteiger partial charge is 0.145 e. The molecule has 0 fully saturated rings. The summed E-state index contributed by atoms with van der Waals surface area (Å²) in [6.07, 6.45) is 4.15. The van der Waals surface area contributed by atoms with E-state index >= 15 is 0 Å². The molecule has 0 bridgehead atoms. The van der Waals surface area contributed by atoms with Gasteiger partial charge in [0, 0.05) is 18.0 Å². The predicted octanol–water partition coefficient (Wildman–Crippen LogP) is 3.31. The molecule has 3 nitrogen and oxygen atoms in total. The molecule has 0 aliphatic carbocycles. The summed E-state index contributed by atoms with van der Waals surface area (Å²) in [7, 11) is 0. The van der Waals surface area contributed by atoms with Gasteiger partial charge in [0.2, 0.25) is 0 Å². The van der Waals surface area contributed by atoms with Crippen LogP contribution in [0.15, 0.2) is 36.5 Å². The monoisotopic (exact) mass is 226 g/mol. The first-order valence-corrected chi connectivity index (χ1v) is 5.75. The highest BCUT2D eigenvalue weighted by Gasteiger charge is 2.01. The number of ether oxygens (including phenoxy) is 1. The average Bonchev–Trinajstić information content (AvgIpc) is 2.39. The van der Waals surface area contributed by atoms with E-state index in [0.29, 0.717) is 13.0 Å². The first-order chi connectivity index (χ1) is 8.42. The molecule has 0 aliphatic heterocycles. The fraction of sp³-hybridized carbons (Fsp3) is 0.286. The van der Waals surface area contributed by atoms with Gasteiger partial charge in [-0.25, -0.2) is 0 Å². The van der Waals surface area contributed by atoms with Gasteiger partial charge >= 0.3 is 0 Å². The number of fused-ring (bicyclic) bond motifs is 1. The van der Waals surface area contributed by atoms with Crippen LogP contribution in [0.4, 0.5) is 0 Å². The lowest BCUT2D eigenvalue weighted by atomic mass is 10.2. The summed E-state index contributed by atoms with van der Waals surface area (Å²) in [6, 6.07) is 12.0. The van der Waals surface area contributed by atoms with E-state index < -0.39 is 0 Å². The van der Waals surface area contributed by atoms with Crippen LogP contribution < -0.4 is 4.74 Å². The topological polar surface area (TPSA) is 45.9 Å². The van der Waals surface area contributed by atoms with Gasteiger partial charge in [0.15, 0.2) is 0 Å². The molecule has 2 aromatic rings. The summed E-state index contributed by atoms with van der Waals surface area (Å²) in [4.78, 5) is 4.32. The Bertz CT molecular complexity index is 526. The van der Waals surface area contributed by atoms with Gasteiger partial charge in [-0.2, -0.15) is 5.26 Å². The van der Waals surface area contributed by atoms with Crippen LogP contribution in [0, 0.1) is 11.3 Å². The Morgan fingerprint density at radius 3 is 2.94 bits per heavy atom.